The van der Waals surface area contributed by atoms with E-state index in [0.29, 0.717) is 0 Å². The minimum atomic E-state index is 0.858. The number of hydrogen-bond acceptors (Lipinski definition) is 2. The van der Waals surface area contributed by atoms with Crippen molar-refractivity contribution in [3.63, 3.8) is 0 Å². The van der Waals surface area contributed by atoms with Crippen molar-refractivity contribution in [2.45, 2.75) is 25.8 Å². The van der Waals surface area contributed by atoms with E-state index in [-0.39, 0.29) is 0 Å². The molecule has 2 rings (SSSR count). The van der Waals surface area contributed by atoms with Gasteiger partial charge in [0.2, 0.25) is 0 Å². The molecule has 1 aliphatic heterocycles. The lowest BCUT2D eigenvalue weighted by Crippen LogP contribution is -2.48. The number of hydrogen-bond donors (Lipinski definition) is 1. The Balaban J connectivity index is 1.81. The molecule has 1 saturated heterocycles. The second kappa shape index (κ2) is 3.11. The van der Waals surface area contributed by atoms with Crippen LogP contribution in [0, 0.1) is 5.92 Å². The molecule has 0 unspecified atom stereocenters. The highest BCUT2D eigenvalue weighted by Crippen LogP contribution is 2.34. The van der Waals surface area contributed by atoms with E-state index in [2.05, 4.69) is 17.1 Å². The molecule has 11 heavy (non-hydrogen) atoms. The van der Waals surface area contributed by atoms with Crippen molar-refractivity contribution in [1.29, 1.82) is 0 Å². The van der Waals surface area contributed by atoms with Crippen LogP contribution in [-0.2, 0) is 0 Å². The molecule has 2 heteroatoms. The quantitative estimate of drug-likeness (QED) is 0.629. The van der Waals surface area contributed by atoms with Crippen LogP contribution in [0.1, 0.15) is 19.8 Å². The Labute approximate surface area is 69.0 Å². The third-order valence-electron chi connectivity index (χ3n) is 3.03. The van der Waals surface area contributed by atoms with Gasteiger partial charge in [0, 0.05) is 32.2 Å². The summed E-state index contributed by atoms with van der Waals surface area (Å²) in [5.41, 5.74) is 0. The lowest BCUT2D eigenvalue weighted by Gasteiger charge is -2.32. The first kappa shape index (κ1) is 7.56. The van der Waals surface area contributed by atoms with Crippen LogP contribution < -0.4 is 5.32 Å². The summed E-state index contributed by atoms with van der Waals surface area (Å²) >= 11 is 0. The second-order valence-electron chi connectivity index (χ2n) is 3.86. The zero-order valence-corrected chi connectivity index (χ0v) is 7.34. The summed E-state index contributed by atoms with van der Waals surface area (Å²) in [4.78, 5) is 2.63. The highest BCUT2D eigenvalue weighted by Gasteiger charge is 2.31. The van der Waals surface area contributed by atoms with E-state index in [1.54, 1.807) is 0 Å². The van der Waals surface area contributed by atoms with Crippen LogP contribution in [-0.4, -0.2) is 37.1 Å². The molecular weight excluding hydrogens is 136 g/mol. The van der Waals surface area contributed by atoms with Crippen molar-refractivity contribution in [3.8, 4) is 0 Å². The topological polar surface area (TPSA) is 15.3 Å². The molecule has 0 aromatic carbocycles. The minimum Gasteiger partial charge on any atom is -0.314 e. The molecular formula is C9H18N2. The predicted octanol–water partition coefficient (Wildman–Crippen LogP) is 0.690. The maximum atomic E-state index is 3.39. The summed E-state index contributed by atoms with van der Waals surface area (Å²) in [6.07, 6.45) is 2.95. The minimum absolute atomic E-state index is 0.858. The monoisotopic (exact) mass is 154 g/mol. The van der Waals surface area contributed by atoms with E-state index in [1.165, 1.54) is 39.0 Å². The predicted molar refractivity (Wildman–Crippen MR) is 46.6 cm³/mol. The molecule has 1 aliphatic carbocycles. The van der Waals surface area contributed by atoms with Crippen molar-refractivity contribution in [2.75, 3.05) is 26.2 Å². The van der Waals surface area contributed by atoms with Gasteiger partial charge in [0.1, 0.15) is 0 Å². The molecule has 2 nitrogen and oxygen atoms in total. The zero-order valence-electron chi connectivity index (χ0n) is 7.34. The van der Waals surface area contributed by atoms with E-state index in [9.17, 15) is 0 Å². The number of nitrogens with one attached hydrogen (secondary N) is 1. The van der Waals surface area contributed by atoms with Crippen molar-refractivity contribution in [1.82, 2.24) is 10.2 Å². The van der Waals surface area contributed by atoms with Crippen molar-refractivity contribution < 1.29 is 0 Å². The van der Waals surface area contributed by atoms with Crippen LogP contribution in [0.2, 0.25) is 0 Å². The maximum Gasteiger partial charge on any atom is 0.0110 e. The number of rotatable bonds is 2. The lowest BCUT2D eigenvalue weighted by atomic mass is 10.1. The lowest BCUT2D eigenvalue weighted by molar-refractivity contribution is 0.168. The summed E-state index contributed by atoms with van der Waals surface area (Å²) in [6, 6.07) is 0.858. The SMILES string of the molecule is C[C@@H](C1CC1)N1CCNCC1. The normalized spacial score (nSPS) is 30.3. The van der Waals surface area contributed by atoms with Crippen LogP contribution in [0.5, 0.6) is 0 Å². The van der Waals surface area contributed by atoms with E-state index >= 15 is 0 Å². The summed E-state index contributed by atoms with van der Waals surface area (Å²) in [5.74, 6) is 1.04. The molecule has 0 spiro atoms. The van der Waals surface area contributed by atoms with Gasteiger partial charge >= 0.3 is 0 Å². The van der Waals surface area contributed by atoms with Gasteiger partial charge in [-0.3, -0.25) is 4.90 Å². The molecule has 1 saturated carbocycles. The first-order valence-corrected chi connectivity index (χ1v) is 4.82. The third-order valence-corrected chi connectivity index (χ3v) is 3.03. The fourth-order valence-electron chi connectivity index (χ4n) is 1.97. The van der Waals surface area contributed by atoms with Gasteiger partial charge in [0.05, 0.1) is 0 Å². The van der Waals surface area contributed by atoms with E-state index < -0.39 is 0 Å². The van der Waals surface area contributed by atoms with Crippen molar-refractivity contribution in [2.24, 2.45) is 5.92 Å². The van der Waals surface area contributed by atoms with Gasteiger partial charge in [0.15, 0.2) is 0 Å². The van der Waals surface area contributed by atoms with Crippen LogP contribution in [0.25, 0.3) is 0 Å². The average molecular weight is 154 g/mol. The molecule has 1 atom stereocenters. The highest BCUT2D eigenvalue weighted by molar-refractivity contribution is 4.86. The summed E-state index contributed by atoms with van der Waals surface area (Å²) in [7, 11) is 0. The Hall–Kier alpha value is -0.0800. The first-order chi connectivity index (χ1) is 5.38. The summed E-state index contributed by atoms with van der Waals surface area (Å²) < 4.78 is 0. The van der Waals surface area contributed by atoms with Crippen LogP contribution in [0.3, 0.4) is 0 Å². The third kappa shape index (κ3) is 1.74. The van der Waals surface area contributed by atoms with Crippen LogP contribution in [0.15, 0.2) is 0 Å². The molecule has 0 amide bonds. The zero-order chi connectivity index (χ0) is 7.68. The van der Waals surface area contributed by atoms with Gasteiger partial charge in [-0.2, -0.15) is 0 Å². The van der Waals surface area contributed by atoms with Gasteiger partial charge < -0.3 is 5.32 Å². The summed E-state index contributed by atoms with van der Waals surface area (Å²) in [6.45, 7) is 7.30. The van der Waals surface area contributed by atoms with Gasteiger partial charge in [-0.05, 0) is 25.7 Å². The van der Waals surface area contributed by atoms with Gasteiger partial charge in [-0.15, -0.1) is 0 Å². The smallest absolute Gasteiger partial charge is 0.0110 e. The first-order valence-electron chi connectivity index (χ1n) is 4.82. The Kier molecular flexibility index (Phi) is 2.14. The van der Waals surface area contributed by atoms with Gasteiger partial charge in [0.25, 0.3) is 0 Å². The Bertz CT molecular complexity index is 126. The molecule has 0 aromatic rings. The molecule has 0 radical (unpaired) electrons. The largest absolute Gasteiger partial charge is 0.314 e. The molecule has 1 N–H and O–H groups in total. The Morgan fingerprint density at radius 3 is 2.45 bits per heavy atom. The number of piperazine rings is 1. The van der Waals surface area contributed by atoms with Gasteiger partial charge in [-0.25, -0.2) is 0 Å². The average Bonchev–Trinajstić information content (AvgIpc) is 2.87. The van der Waals surface area contributed by atoms with E-state index in [0.717, 1.165) is 12.0 Å². The fraction of sp³-hybridized carbons (Fsp3) is 1.00. The van der Waals surface area contributed by atoms with Crippen LogP contribution in [0.4, 0.5) is 0 Å². The highest BCUT2D eigenvalue weighted by atomic mass is 15.2. The molecule has 2 aliphatic rings. The fourth-order valence-corrected chi connectivity index (χ4v) is 1.97. The maximum absolute atomic E-state index is 3.39. The molecule has 1 heterocycles. The molecule has 64 valence electrons. The molecule has 0 aromatic heterocycles. The van der Waals surface area contributed by atoms with E-state index in [4.69, 9.17) is 0 Å². The number of nitrogens with zero attached hydrogens (tertiary/aromatic N) is 1. The molecule has 0 bridgehead atoms. The Morgan fingerprint density at radius 1 is 1.27 bits per heavy atom. The summed E-state index contributed by atoms with van der Waals surface area (Å²) in [5, 5.41) is 3.39. The van der Waals surface area contributed by atoms with E-state index in [1.807, 2.05) is 0 Å². The van der Waals surface area contributed by atoms with Crippen molar-refractivity contribution >= 4 is 0 Å². The van der Waals surface area contributed by atoms with Crippen molar-refractivity contribution in [3.05, 3.63) is 0 Å². The van der Waals surface area contributed by atoms with Gasteiger partial charge in [-0.1, -0.05) is 0 Å². The van der Waals surface area contributed by atoms with Crippen LogP contribution >= 0.6 is 0 Å². The Morgan fingerprint density at radius 2 is 1.91 bits per heavy atom. The second-order valence-corrected chi connectivity index (χ2v) is 3.86. The standard InChI is InChI=1S/C9H18N2/c1-8(9-2-3-9)11-6-4-10-5-7-11/h8-10H,2-7H2,1H3/t8-/m0/s1. The molecule has 2 fully saturated rings.